The Morgan fingerprint density at radius 2 is 1.72 bits per heavy atom. The maximum Gasteiger partial charge on any atom is 0.305 e. The van der Waals surface area contributed by atoms with Crippen molar-refractivity contribution < 1.29 is 22.5 Å². The first kappa shape index (κ1) is 20.9. The summed E-state index contributed by atoms with van der Waals surface area (Å²) in [5.41, 5.74) is 0. The first-order valence-electron chi connectivity index (χ1n) is 6.06. The summed E-state index contributed by atoms with van der Waals surface area (Å²) in [5, 5.41) is 0. The van der Waals surface area contributed by atoms with Crippen LogP contribution < -0.4 is 0 Å². The third-order valence-electron chi connectivity index (χ3n) is 2.29. The number of esters is 1. The van der Waals surface area contributed by atoms with Crippen LogP contribution in [0.4, 0.5) is 0 Å². The fourth-order valence-corrected chi connectivity index (χ4v) is 1.89. The molecule has 0 saturated carbocycles. The molecule has 0 spiro atoms. The Kier molecular flexibility index (Phi) is 14.7. The van der Waals surface area contributed by atoms with E-state index in [9.17, 15) is 13.2 Å². The molecule has 0 aliphatic carbocycles. The average molecular weight is 306 g/mol. The fourth-order valence-electron chi connectivity index (χ4n) is 1.32. The van der Waals surface area contributed by atoms with Crippen LogP contribution in [0, 0.1) is 0 Å². The second kappa shape index (κ2) is 12.7. The summed E-state index contributed by atoms with van der Waals surface area (Å²) in [4.78, 5) is 11.1. The third-order valence-corrected chi connectivity index (χ3v) is 3.10. The van der Waals surface area contributed by atoms with E-state index in [0.717, 1.165) is 25.7 Å². The van der Waals surface area contributed by atoms with Crippen molar-refractivity contribution in [2.24, 2.45) is 0 Å². The summed E-state index contributed by atoms with van der Waals surface area (Å²) in [5.74, 6) is -0.353. The van der Waals surface area contributed by atoms with Gasteiger partial charge < -0.3 is 4.74 Å². The number of carbonyl (C=O) groups excluding carboxylic acids is 1. The van der Waals surface area contributed by atoms with Gasteiger partial charge in [-0.2, -0.15) is 8.42 Å². The maximum absolute atomic E-state index is 11.1. The fraction of sp³-hybridized carbons (Fsp3) is 0.909. The molecule has 18 heavy (non-hydrogen) atoms. The maximum atomic E-state index is 11.1. The van der Waals surface area contributed by atoms with E-state index in [1.165, 1.54) is 0 Å². The van der Waals surface area contributed by atoms with E-state index in [1.54, 1.807) is 0 Å². The van der Waals surface area contributed by atoms with Gasteiger partial charge >= 0.3 is 5.97 Å². The Hall–Kier alpha value is 0.640. The second-order valence-corrected chi connectivity index (χ2v) is 5.60. The van der Waals surface area contributed by atoms with E-state index < -0.39 is 10.1 Å². The zero-order chi connectivity index (χ0) is 13.1. The van der Waals surface area contributed by atoms with Gasteiger partial charge in [0.15, 0.2) is 0 Å². The van der Waals surface area contributed by atoms with Crippen molar-refractivity contribution in [3.63, 3.8) is 0 Å². The topological polar surface area (TPSA) is 80.7 Å². The van der Waals surface area contributed by atoms with E-state index in [4.69, 9.17) is 9.29 Å². The van der Waals surface area contributed by atoms with Crippen LogP contribution in [0.2, 0.25) is 0 Å². The molecule has 104 valence electrons. The molecule has 0 bridgehead atoms. The number of hydrogen-bond donors (Lipinski definition) is 1. The van der Waals surface area contributed by atoms with Crippen LogP contribution >= 0.6 is 0 Å². The number of unbranched alkanes of at least 4 members (excludes halogenated alkanes) is 4. The molecule has 0 fully saturated rings. The Morgan fingerprint density at radius 3 is 2.28 bits per heavy atom. The minimum atomic E-state index is -3.83. The minimum absolute atomic E-state index is 0. The molecule has 0 saturated heterocycles. The molecular formula is C11H22CaO5S. The molecule has 5 nitrogen and oxygen atoms in total. The molecule has 7 heteroatoms. The summed E-state index contributed by atoms with van der Waals surface area (Å²) in [6.45, 7) is 2.41. The third kappa shape index (κ3) is 16.6. The molecule has 0 amide bonds. The molecule has 0 heterocycles. The molecule has 2 radical (unpaired) electrons. The standard InChI is InChI=1S/C11H22O5S.Ca/c1-2-3-8-11(12)16-9-6-4-5-7-10-17(13,14)15;/h2-10H2,1H3,(H,13,14,15);. The zero-order valence-electron chi connectivity index (χ0n) is 11.1. The molecule has 0 aliphatic heterocycles. The van der Waals surface area contributed by atoms with E-state index in [2.05, 4.69) is 0 Å². The van der Waals surface area contributed by atoms with Crippen LogP contribution in [0.1, 0.15) is 51.9 Å². The van der Waals surface area contributed by atoms with E-state index in [-0.39, 0.29) is 49.5 Å². The largest absolute Gasteiger partial charge is 0.466 e. The molecule has 0 aromatic carbocycles. The van der Waals surface area contributed by atoms with Gasteiger partial charge in [0.2, 0.25) is 0 Å². The van der Waals surface area contributed by atoms with E-state index in [0.29, 0.717) is 25.9 Å². The van der Waals surface area contributed by atoms with Gasteiger partial charge in [-0.15, -0.1) is 0 Å². The summed E-state index contributed by atoms with van der Waals surface area (Å²) >= 11 is 0. The summed E-state index contributed by atoms with van der Waals surface area (Å²) in [6, 6.07) is 0. The summed E-state index contributed by atoms with van der Waals surface area (Å²) < 4.78 is 34.3. The van der Waals surface area contributed by atoms with Crippen LogP contribution in [-0.2, 0) is 19.6 Å². The number of hydrogen-bond acceptors (Lipinski definition) is 4. The van der Waals surface area contributed by atoms with Gasteiger partial charge in [-0.1, -0.05) is 26.2 Å². The molecule has 0 rings (SSSR count). The number of rotatable bonds is 10. The summed E-state index contributed by atoms with van der Waals surface area (Å²) in [6.07, 6.45) is 5.01. The van der Waals surface area contributed by atoms with Crippen molar-refractivity contribution >= 4 is 53.8 Å². The van der Waals surface area contributed by atoms with Crippen molar-refractivity contribution in [1.82, 2.24) is 0 Å². The molecule has 0 aromatic heterocycles. The normalized spacial score (nSPS) is 10.8. The number of carbonyl (C=O) groups is 1. The van der Waals surface area contributed by atoms with Crippen LogP contribution in [0.3, 0.4) is 0 Å². The van der Waals surface area contributed by atoms with Gasteiger partial charge in [-0.25, -0.2) is 0 Å². The predicted molar refractivity (Wildman–Crippen MR) is 71.1 cm³/mol. The van der Waals surface area contributed by atoms with Gasteiger partial charge in [0.25, 0.3) is 10.1 Å². The Balaban J connectivity index is 0. The van der Waals surface area contributed by atoms with E-state index >= 15 is 0 Å². The quantitative estimate of drug-likeness (QED) is 0.288. The Labute approximate surface area is 139 Å². The number of ether oxygens (including phenoxy) is 1. The van der Waals surface area contributed by atoms with Crippen molar-refractivity contribution in [2.45, 2.75) is 51.9 Å². The summed E-state index contributed by atoms with van der Waals surface area (Å²) in [7, 11) is -3.83. The zero-order valence-corrected chi connectivity index (χ0v) is 14.1. The smallest absolute Gasteiger partial charge is 0.305 e. The second-order valence-electron chi connectivity index (χ2n) is 4.02. The van der Waals surface area contributed by atoms with Crippen molar-refractivity contribution in [1.29, 1.82) is 0 Å². The van der Waals surface area contributed by atoms with Gasteiger partial charge in [-0.3, -0.25) is 9.35 Å². The van der Waals surface area contributed by atoms with Gasteiger partial charge in [0, 0.05) is 44.2 Å². The minimum Gasteiger partial charge on any atom is -0.466 e. The van der Waals surface area contributed by atoms with Crippen LogP contribution in [0.25, 0.3) is 0 Å². The monoisotopic (exact) mass is 306 g/mol. The van der Waals surface area contributed by atoms with E-state index in [1.807, 2.05) is 6.92 Å². The molecule has 0 atom stereocenters. The van der Waals surface area contributed by atoms with Crippen LogP contribution in [0.5, 0.6) is 0 Å². The first-order valence-corrected chi connectivity index (χ1v) is 7.67. The molecule has 0 aromatic rings. The van der Waals surface area contributed by atoms with Crippen LogP contribution in [0.15, 0.2) is 0 Å². The molecular weight excluding hydrogens is 284 g/mol. The SMILES string of the molecule is CCCCC(=O)OCCCCCCS(=O)(=O)O.[Ca]. The molecule has 1 N–H and O–H groups in total. The Morgan fingerprint density at radius 1 is 1.11 bits per heavy atom. The average Bonchev–Trinajstić information content (AvgIpc) is 2.23. The first-order chi connectivity index (χ1) is 7.95. The van der Waals surface area contributed by atoms with Crippen molar-refractivity contribution in [3.8, 4) is 0 Å². The molecule has 0 unspecified atom stereocenters. The van der Waals surface area contributed by atoms with Gasteiger partial charge in [0.05, 0.1) is 12.4 Å². The molecule has 0 aliphatic rings. The van der Waals surface area contributed by atoms with Crippen molar-refractivity contribution in [3.05, 3.63) is 0 Å². The predicted octanol–water partition coefficient (Wildman–Crippen LogP) is 1.79. The van der Waals surface area contributed by atoms with Gasteiger partial charge in [-0.05, 0) is 19.3 Å². The van der Waals surface area contributed by atoms with Crippen LogP contribution in [-0.4, -0.2) is 69.0 Å². The van der Waals surface area contributed by atoms with Gasteiger partial charge in [0.1, 0.15) is 0 Å². The van der Waals surface area contributed by atoms with Crippen molar-refractivity contribution in [2.75, 3.05) is 12.4 Å². The Bertz CT molecular complexity index is 303.